The predicted octanol–water partition coefficient (Wildman–Crippen LogP) is 3.61. The van der Waals surface area contributed by atoms with Crippen LogP contribution in [0.3, 0.4) is 0 Å². The summed E-state index contributed by atoms with van der Waals surface area (Å²) in [5.74, 6) is 0. The fourth-order valence-corrected chi connectivity index (χ4v) is 8.33. The van der Waals surface area contributed by atoms with Gasteiger partial charge in [-0.25, -0.2) is 0 Å². The van der Waals surface area contributed by atoms with Crippen LogP contribution < -0.4 is 0 Å². The van der Waals surface area contributed by atoms with E-state index in [2.05, 4.69) is 26.5 Å². The molecule has 0 saturated heterocycles. The molecule has 0 radical (unpaired) electrons. The third-order valence-corrected chi connectivity index (χ3v) is 10.4. The van der Waals surface area contributed by atoms with E-state index >= 15 is 0 Å². The number of hydrogen-bond acceptors (Lipinski definition) is 0. The molecule has 11 heavy (non-hydrogen) atoms. The Bertz CT molecular complexity index is 82.9. The Balaban J connectivity index is 3.41. The Morgan fingerprint density at radius 3 is 2.00 bits per heavy atom. The van der Waals surface area contributed by atoms with Gasteiger partial charge in [-0.05, 0) is 0 Å². The van der Waals surface area contributed by atoms with Crippen molar-refractivity contribution in [2.24, 2.45) is 0 Å². The molecule has 0 rings (SSSR count). The van der Waals surface area contributed by atoms with Gasteiger partial charge in [-0.2, -0.15) is 0 Å². The third kappa shape index (κ3) is 6.67. The molecule has 0 bridgehead atoms. The van der Waals surface area contributed by atoms with Gasteiger partial charge in [-0.15, -0.1) is 0 Å². The van der Waals surface area contributed by atoms with Crippen molar-refractivity contribution in [2.75, 3.05) is 0 Å². The standard InChI is InChI=1S/C10H22Ge/c1-4-7-10-11(8-5-2)9-6-3/h4,11H,1,5-10H2,2-3H3. The minimum atomic E-state index is -0.772. The van der Waals surface area contributed by atoms with Crippen molar-refractivity contribution in [1.82, 2.24) is 0 Å². The van der Waals surface area contributed by atoms with Crippen LogP contribution in [-0.2, 0) is 0 Å². The molecular formula is C10H22Ge. The summed E-state index contributed by atoms with van der Waals surface area (Å²) in [4.78, 5) is 0. The summed E-state index contributed by atoms with van der Waals surface area (Å²) in [6, 6.07) is 0. The average Bonchev–Trinajstić information content (AvgIpc) is 2.01. The monoisotopic (exact) mass is 216 g/mol. The van der Waals surface area contributed by atoms with Crippen LogP contribution in [0.15, 0.2) is 12.7 Å². The van der Waals surface area contributed by atoms with Gasteiger partial charge in [0.15, 0.2) is 0 Å². The summed E-state index contributed by atoms with van der Waals surface area (Å²) in [6.45, 7) is 8.43. The van der Waals surface area contributed by atoms with Gasteiger partial charge in [0.1, 0.15) is 0 Å². The molecule has 0 nitrogen and oxygen atoms in total. The molecule has 66 valence electrons. The average molecular weight is 215 g/mol. The summed E-state index contributed by atoms with van der Waals surface area (Å²) >= 11 is -0.772. The van der Waals surface area contributed by atoms with Crippen LogP contribution in [0.5, 0.6) is 0 Å². The molecule has 0 aliphatic rings. The molecule has 1 heteroatoms. The van der Waals surface area contributed by atoms with Crippen LogP contribution >= 0.6 is 0 Å². The quantitative estimate of drug-likeness (QED) is 0.449. The zero-order valence-corrected chi connectivity index (χ0v) is 10.5. The fourth-order valence-electron chi connectivity index (χ4n) is 1.60. The molecule has 0 aromatic heterocycles. The Hall–Kier alpha value is 0.283. The van der Waals surface area contributed by atoms with E-state index in [9.17, 15) is 0 Å². The molecule has 0 spiro atoms. The van der Waals surface area contributed by atoms with E-state index in [1.165, 1.54) is 24.5 Å². The third-order valence-electron chi connectivity index (χ3n) is 2.17. The summed E-state index contributed by atoms with van der Waals surface area (Å²) in [6.07, 6.45) is 6.21. The number of allylic oxidation sites excluding steroid dienone is 1. The van der Waals surface area contributed by atoms with Gasteiger partial charge < -0.3 is 0 Å². The summed E-state index contributed by atoms with van der Waals surface area (Å²) in [5.41, 5.74) is 0. The van der Waals surface area contributed by atoms with Gasteiger partial charge in [0.05, 0.1) is 0 Å². The van der Waals surface area contributed by atoms with E-state index < -0.39 is 14.3 Å². The van der Waals surface area contributed by atoms with E-state index in [4.69, 9.17) is 0 Å². The molecule has 0 N–H and O–H groups in total. The minimum absolute atomic E-state index is 0.772. The Morgan fingerprint density at radius 2 is 1.64 bits per heavy atom. The Kier molecular flexibility index (Phi) is 8.60. The first-order chi connectivity index (χ1) is 5.35. The van der Waals surface area contributed by atoms with Crippen molar-refractivity contribution in [2.45, 2.75) is 48.9 Å². The van der Waals surface area contributed by atoms with E-state index in [-0.39, 0.29) is 0 Å². The van der Waals surface area contributed by atoms with E-state index in [1.807, 2.05) is 0 Å². The molecule has 0 unspecified atom stereocenters. The Labute approximate surface area is 76.2 Å². The van der Waals surface area contributed by atoms with Crippen LogP contribution in [0.4, 0.5) is 0 Å². The number of hydrogen-bond donors (Lipinski definition) is 0. The second-order valence-corrected chi connectivity index (χ2v) is 10.6. The molecule has 0 aliphatic carbocycles. The summed E-state index contributed by atoms with van der Waals surface area (Å²) < 4.78 is 0. The zero-order chi connectivity index (χ0) is 8.53. The first-order valence-electron chi connectivity index (χ1n) is 4.96. The molecule has 0 aromatic rings. The van der Waals surface area contributed by atoms with E-state index in [1.54, 1.807) is 10.5 Å². The second-order valence-electron chi connectivity index (χ2n) is 3.31. The summed E-state index contributed by atoms with van der Waals surface area (Å²) in [5, 5.41) is 4.72. The van der Waals surface area contributed by atoms with Gasteiger partial charge in [0.2, 0.25) is 0 Å². The molecule has 0 heterocycles. The van der Waals surface area contributed by atoms with Crippen LogP contribution in [-0.4, -0.2) is 14.3 Å². The van der Waals surface area contributed by atoms with Crippen LogP contribution in [0.1, 0.15) is 33.1 Å². The zero-order valence-electron chi connectivity index (χ0n) is 8.10. The second kappa shape index (κ2) is 8.38. The molecule has 0 fully saturated rings. The van der Waals surface area contributed by atoms with E-state index in [0.29, 0.717) is 0 Å². The van der Waals surface area contributed by atoms with Crippen molar-refractivity contribution in [1.29, 1.82) is 0 Å². The predicted molar refractivity (Wildman–Crippen MR) is 57.0 cm³/mol. The fraction of sp³-hybridized carbons (Fsp3) is 0.800. The normalized spacial score (nSPS) is 10.5. The molecule has 0 saturated carbocycles. The molecule has 0 aromatic carbocycles. The summed E-state index contributed by atoms with van der Waals surface area (Å²) in [7, 11) is 0. The van der Waals surface area contributed by atoms with Gasteiger partial charge >= 0.3 is 75.9 Å². The van der Waals surface area contributed by atoms with Crippen molar-refractivity contribution >= 4 is 14.3 Å². The molecule has 0 atom stereocenters. The van der Waals surface area contributed by atoms with Crippen molar-refractivity contribution < 1.29 is 0 Å². The maximum atomic E-state index is 3.78. The maximum absolute atomic E-state index is 3.78. The van der Waals surface area contributed by atoms with Crippen molar-refractivity contribution in [3.05, 3.63) is 12.7 Å². The molecule has 0 amide bonds. The van der Waals surface area contributed by atoms with Gasteiger partial charge in [-0.1, -0.05) is 0 Å². The van der Waals surface area contributed by atoms with E-state index in [0.717, 1.165) is 0 Å². The van der Waals surface area contributed by atoms with Crippen LogP contribution in [0.25, 0.3) is 0 Å². The van der Waals surface area contributed by atoms with Crippen molar-refractivity contribution in [3.63, 3.8) is 0 Å². The van der Waals surface area contributed by atoms with Gasteiger partial charge in [-0.3, -0.25) is 0 Å². The van der Waals surface area contributed by atoms with Gasteiger partial charge in [0, 0.05) is 0 Å². The SMILES string of the molecule is C=CC[CH2][GeH]([CH2]CC)[CH2]CC. The number of rotatable bonds is 7. The van der Waals surface area contributed by atoms with Crippen LogP contribution in [0, 0.1) is 0 Å². The Morgan fingerprint density at radius 1 is 1.09 bits per heavy atom. The first-order valence-corrected chi connectivity index (χ1v) is 10.1. The molecular weight excluding hydrogens is 193 g/mol. The topological polar surface area (TPSA) is 0 Å². The molecule has 0 aliphatic heterocycles. The van der Waals surface area contributed by atoms with Crippen molar-refractivity contribution in [3.8, 4) is 0 Å². The van der Waals surface area contributed by atoms with Gasteiger partial charge in [0.25, 0.3) is 0 Å². The van der Waals surface area contributed by atoms with Crippen LogP contribution in [0.2, 0.25) is 15.8 Å². The first kappa shape index (κ1) is 11.3.